The third-order valence-electron chi connectivity index (χ3n) is 3.05. The second-order valence-corrected chi connectivity index (χ2v) is 4.42. The van der Waals surface area contributed by atoms with Crippen LogP contribution in [0, 0.1) is 5.82 Å². The van der Waals surface area contributed by atoms with Crippen LogP contribution in [0.15, 0.2) is 42.9 Å². The number of rotatable bonds is 2. The van der Waals surface area contributed by atoms with Crippen molar-refractivity contribution in [3.63, 3.8) is 0 Å². The normalized spacial score (nSPS) is 11.1. The first kappa shape index (κ1) is 12.4. The molecule has 0 atom stereocenters. The van der Waals surface area contributed by atoms with Crippen molar-refractivity contribution in [1.82, 2.24) is 29.8 Å². The zero-order chi connectivity index (χ0) is 15.1. The molecule has 0 aliphatic heterocycles. The van der Waals surface area contributed by atoms with E-state index >= 15 is 0 Å². The van der Waals surface area contributed by atoms with E-state index in [9.17, 15) is 9.18 Å². The van der Waals surface area contributed by atoms with Crippen molar-refractivity contribution >= 4 is 22.6 Å². The summed E-state index contributed by atoms with van der Waals surface area (Å²) in [6, 6.07) is 5.81. The molecule has 0 N–H and O–H groups in total. The second-order valence-electron chi connectivity index (χ2n) is 4.42. The van der Waals surface area contributed by atoms with Crippen LogP contribution >= 0.6 is 0 Å². The Morgan fingerprint density at radius 2 is 2.23 bits per heavy atom. The van der Waals surface area contributed by atoms with E-state index < -0.39 is 11.8 Å². The molecule has 4 aromatic heterocycles. The molecule has 4 rings (SSSR count). The Labute approximate surface area is 121 Å². The number of pyridine rings is 2. The van der Waals surface area contributed by atoms with Crippen molar-refractivity contribution in [2.75, 3.05) is 0 Å². The van der Waals surface area contributed by atoms with Gasteiger partial charge in [0.25, 0.3) is 0 Å². The fourth-order valence-corrected chi connectivity index (χ4v) is 2.05. The first-order chi connectivity index (χ1) is 10.7. The van der Waals surface area contributed by atoms with Crippen LogP contribution < -0.4 is 4.84 Å². The summed E-state index contributed by atoms with van der Waals surface area (Å²) in [5.41, 5.74) is 1.20. The van der Waals surface area contributed by atoms with E-state index in [-0.39, 0.29) is 5.56 Å². The predicted octanol–water partition coefficient (Wildman–Crippen LogP) is 0.882. The summed E-state index contributed by atoms with van der Waals surface area (Å²) in [6.45, 7) is 0. The standard InChI is InChI=1S/C13H7FN6O2/c14-8-3-5-19-11(6-8)9(7-16-19)13(21)22-20-12-10(17-18-20)2-1-4-15-12/h1-7H. The highest BCUT2D eigenvalue weighted by atomic mass is 19.1. The van der Waals surface area contributed by atoms with Gasteiger partial charge in [0.05, 0.1) is 11.7 Å². The molecular weight excluding hydrogens is 291 g/mol. The SMILES string of the molecule is O=C(On1nnc2cccnc21)c1cnn2ccc(F)cc12. The average molecular weight is 298 g/mol. The van der Waals surface area contributed by atoms with Crippen LogP contribution in [0.2, 0.25) is 0 Å². The maximum atomic E-state index is 13.3. The van der Waals surface area contributed by atoms with Crippen LogP contribution in [0.25, 0.3) is 16.7 Å². The summed E-state index contributed by atoms with van der Waals surface area (Å²) in [7, 11) is 0. The number of carbonyl (C=O) groups excluding carboxylic acids is 1. The number of fused-ring (bicyclic) bond motifs is 2. The van der Waals surface area contributed by atoms with Gasteiger partial charge in [0.2, 0.25) is 5.65 Å². The average Bonchev–Trinajstić information content (AvgIpc) is 3.11. The Morgan fingerprint density at radius 3 is 3.14 bits per heavy atom. The number of hydrogen-bond donors (Lipinski definition) is 0. The first-order valence-corrected chi connectivity index (χ1v) is 6.24. The van der Waals surface area contributed by atoms with Crippen molar-refractivity contribution in [1.29, 1.82) is 0 Å². The van der Waals surface area contributed by atoms with Gasteiger partial charge in [-0.3, -0.25) is 0 Å². The number of nitrogens with zero attached hydrogens (tertiary/aromatic N) is 6. The zero-order valence-electron chi connectivity index (χ0n) is 10.9. The maximum absolute atomic E-state index is 13.3. The van der Waals surface area contributed by atoms with Crippen LogP contribution in [0.3, 0.4) is 0 Å². The lowest BCUT2D eigenvalue weighted by atomic mass is 10.2. The van der Waals surface area contributed by atoms with Crippen LogP contribution in [-0.4, -0.2) is 35.7 Å². The van der Waals surface area contributed by atoms with Crippen molar-refractivity contribution < 1.29 is 14.0 Å². The van der Waals surface area contributed by atoms with E-state index in [1.165, 1.54) is 35.2 Å². The maximum Gasteiger partial charge on any atom is 0.369 e. The van der Waals surface area contributed by atoms with E-state index in [0.29, 0.717) is 16.7 Å². The fourth-order valence-electron chi connectivity index (χ4n) is 2.05. The minimum Gasteiger partial charge on any atom is -0.310 e. The van der Waals surface area contributed by atoms with Gasteiger partial charge in [-0.05, 0) is 28.3 Å². The van der Waals surface area contributed by atoms with E-state index in [4.69, 9.17) is 4.84 Å². The van der Waals surface area contributed by atoms with Crippen molar-refractivity contribution in [2.45, 2.75) is 0 Å². The molecule has 8 nitrogen and oxygen atoms in total. The molecule has 4 heterocycles. The van der Waals surface area contributed by atoms with Gasteiger partial charge in [-0.15, -0.1) is 5.10 Å². The van der Waals surface area contributed by atoms with Gasteiger partial charge >= 0.3 is 5.97 Å². The van der Waals surface area contributed by atoms with Crippen LogP contribution in [0.5, 0.6) is 0 Å². The third kappa shape index (κ3) is 1.87. The minimum atomic E-state index is -0.738. The summed E-state index contributed by atoms with van der Waals surface area (Å²) < 4.78 is 14.7. The van der Waals surface area contributed by atoms with E-state index in [1.807, 2.05) is 0 Å². The summed E-state index contributed by atoms with van der Waals surface area (Å²) in [4.78, 5) is 22.3. The lowest BCUT2D eigenvalue weighted by Crippen LogP contribution is -2.21. The number of aromatic nitrogens is 6. The van der Waals surface area contributed by atoms with Gasteiger partial charge in [-0.25, -0.2) is 18.7 Å². The highest BCUT2D eigenvalue weighted by Gasteiger charge is 2.18. The highest BCUT2D eigenvalue weighted by molar-refractivity contribution is 5.97. The van der Waals surface area contributed by atoms with E-state index in [1.54, 1.807) is 12.1 Å². The first-order valence-electron chi connectivity index (χ1n) is 6.24. The zero-order valence-corrected chi connectivity index (χ0v) is 10.9. The Kier molecular flexibility index (Phi) is 2.58. The molecule has 0 saturated heterocycles. The molecule has 0 aliphatic carbocycles. The Morgan fingerprint density at radius 1 is 1.32 bits per heavy atom. The van der Waals surface area contributed by atoms with Gasteiger partial charge in [0, 0.05) is 18.5 Å². The topological polar surface area (TPSA) is 87.2 Å². The Balaban J connectivity index is 1.73. The van der Waals surface area contributed by atoms with Gasteiger partial charge < -0.3 is 4.84 Å². The molecule has 108 valence electrons. The molecule has 0 aliphatic rings. The highest BCUT2D eigenvalue weighted by Crippen LogP contribution is 2.13. The summed E-state index contributed by atoms with van der Waals surface area (Å²) in [6.07, 6.45) is 4.23. The van der Waals surface area contributed by atoms with Crippen LogP contribution in [0.1, 0.15) is 10.4 Å². The van der Waals surface area contributed by atoms with E-state index in [2.05, 4.69) is 20.4 Å². The fraction of sp³-hybridized carbons (Fsp3) is 0. The Bertz CT molecular complexity index is 1010. The third-order valence-corrected chi connectivity index (χ3v) is 3.05. The second kappa shape index (κ2) is 4.58. The van der Waals surface area contributed by atoms with Crippen molar-refractivity contribution in [3.8, 4) is 0 Å². The number of hydrogen-bond acceptors (Lipinski definition) is 6. The van der Waals surface area contributed by atoms with Crippen molar-refractivity contribution in [3.05, 3.63) is 54.2 Å². The predicted molar refractivity (Wildman–Crippen MR) is 71.4 cm³/mol. The molecular formula is C13H7FN6O2. The number of carbonyl (C=O) groups is 1. The molecule has 0 fully saturated rings. The smallest absolute Gasteiger partial charge is 0.310 e. The Hall–Kier alpha value is -3.36. The van der Waals surface area contributed by atoms with E-state index in [0.717, 1.165) is 4.85 Å². The van der Waals surface area contributed by atoms with Gasteiger partial charge in [0.1, 0.15) is 16.9 Å². The molecule has 0 amide bonds. The lowest BCUT2D eigenvalue weighted by Gasteiger charge is -2.01. The molecule has 22 heavy (non-hydrogen) atoms. The molecule has 0 aromatic carbocycles. The number of halogens is 1. The van der Waals surface area contributed by atoms with Crippen LogP contribution in [0.4, 0.5) is 4.39 Å². The lowest BCUT2D eigenvalue weighted by molar-refractivity contribution is 0.0407. The van der Waals surface area contributed by atoms with Crippen molar-refractivity contribution in [2.24, 2.45) is 0 Å². The molecule has 0 spiro atoms. The molecule has 9 heteroatoms. The summed E-state index contributed by atoms with van der Waals surface area (Å²) in [5, 5.41) is 11.5. The van der Waals surface area contributed by atoms with Gasteiger partial charge in [0.15, 0.2) is 0 Å². The minimum absolute atomic E-state index is 0.110. The largest absolute Gasteiger partial charge is 0.369 e. The molecule has 0 radical (unpaired) electrons. The summed E-state index contributed by atoms with van der Waals surface area (Å²) >= 11 is 0. The molecule has 4 aromatic rings. The molecule has 0 saturated carbocycles. The van der Waals surface area contributed by atoms with Crippen LogP contribution in [-0.2, 0) is 0 Å². The summed E-state index contributed by atoms with van der Waals surface area (Å²) in [5.74, 6) is -1.21. The monoisotopic (exact) mass is 298 g/mol. The van der Waals surface area contributed by atoms with Gasteiger partial charge in [-0.2, -0.15) is 5.10 Å². The molecule has 0 bridgehead atoms. The quantitative estimate of drug-likeness (QED) is 0.511. The molecule has 0 unspecified atom stereocenters. The van der Waals surface area contributed by atoms with Gasteiger partial charge in [-0.1, -0.05) is 0 Å².